The molecule has 1 saturated carbocycles. The summed E-state index contributed by atoms with van der Waals surface area (Å²) in [5.74, 6) is -1.18. The first-order valence-electron chi connectivity index (χ1n) is 8.78. The Morgan fingerprint density at radius 2 is 2.44 bits per heavy atom. The molecule has 0 bridgehead atoms. The third kappa shape index (κ3) is 1.76. The molecular formula is C13H16ClNO. The third-order valence-corrected chi connectivity index (χ3v) is 2.97. The molecule has 1 N–H and O–H groups in total. The molecule has 0 spiro atoms. The maximum absolute atomic E-state index is 12.9. The second kappa shape index (κ2) is 4.56. The van der Waals surface area contributed by atoms with Gasteiger partial charge in [0.1, 0.15) is 6.95 Å². The van der Waals surface area contributed by atoms with Gasteiger partial charge in [-0.25, -0.2) is 0 Å². The Kier molecular flexibility index (Phi) is 1.48. The van der Waals surface area contributed by atoms with Crippen LogP contribution in [0.3, 0.4) is 0 Å². The van der Waals surface area contributed by atoms with Gasteiger partial charge in [-0.1, -0.05) is 36.2 Å². The summed E-state index contributed by atoms with van der Waals surface area (Å²) < 4.78 is 62.3. The summed E-state index contributed by atoms with van der Waals surface area (Å²) in [6, 6.07) is 5.73. The van der Waals surface area contributed by atoms with Crippen molar-refractivity contribution >= 4 is 17.4 Å². The summed E-state index contributed by atoms with van der Waals surface area (Å²) >= 11 is 6.10. The van der Waals surface area contributed by atoms with E-state index in [9.17, 15) is 4.79 Å². The average molecular weight is 246 g/mol. The predicted octanol–water partition coefficient (Wildman–Crippen LogP) is 2.90. The van der Waals surface area contributed by atoms with Crippen LogP contribution in [0.25, 0.3) is 0 Å². The number of Topliss-reactive ketones (excluding diaryl/α,β-unsaturated/α-hetero) is 1. The monoisotopic (exact) mass is 245 g/mol. The quantitative estimate of drug-likeness (QED) is 0.868. The topological polar surface area (TPSA) is 29.1 Å². The van der Waals surface area contributed by atoms with E-state index in [1.807, 2.05) is 0 Å². The van der Waals surface area contributed by atoms with Crippen LogP contribution in [0, 0.1) is 0 Å². The molecule has 16 heavy (non-hydrogen) atoms. The zero-order chi connectivity index (χ0) is 18.6. The smallest absolute Gasteiger partial charge is 0.157 e. The van der Waals surface area contributed by atoms with Crippen molar-refractivity contribution in [3.05, 3.63) is 34.9 Å². The Labute approximate surface area is 112 Å². The van der Waals surface area contributed by atoms with Crippen LogP contribution in [-0.4, -0.2) is 12.8 Å². The molecule has 86 valence electrons. The van der Waals surface area contributed by atoms with Crippen molar-refractivity contribution in [2.75, 3.05) is 6.98 Å². The summed E-state index contributed by atoms with van der Waals surface area (Å²) in [5, 5.41) is -0.0147. The van der Waals surface area contributed by atoms with Gasteiger partial charge in [0.2, 0.25) is 0 Å². The maximum atomic E-state index is 12.9. The van der Waals surface area contributed by atoms with E-state index >= 15 is 0 Å². The molecule has 0 saturated heterocycles. The second-order valence-electron chi connectivity index (χ2n) is 3.56. The van der Waals surface area contributed by atoms with Crippen LogP contribution >= 0.6 is 11.6 Å². The van der Waals surface area contributed by atoms with Gasteiger partial charge in [-0.3, -0.25) is 4.79 Å². The fourth-order valence-corrected chi connectivity index (χ4v) is 2.07. The molecule has 1 aliphatic carbocycles. The van der Waals surface area contributed by atoms with Crippen LogP contribution in [0.1, 0.15) is 40.7 Å². The molecule has 1 unspecified atom stereocenters. The molecule has 0 amide bonds. The lowest BCUT2D eigenvalue weighted by atomic mass is 9.75. The number of halogens is 1. The Bertz CT molecular complexity index is 662. The molecule has 2 nitrogen and oxygen atoms in total. The lowest BCUT2D eigenvalue weighted by Gasteiger charge is -2.36. The fraction of sp³-hybridized carbons (Fsp3) is 0.462. The number of hydrogen-bond donors (Lipinski definition) is 1. The van der Waals surface area contributed by atoms with Gasteiger partial charge in [0.05, 0.1) is 0 Å². The Morgan fingerprint density at radius 1 is 1.62 bits per heavy atom. The van der Waals surface area contributed by atoms with Gasteiger partial charge in [-0.15, -0.1) is 0 Å². The van der Waals surface area contributed by atoms with E-state index < -0.39 is 43.9 Å². The number of ketones is 1. The first-order valence-corrected chi connectivity index (χ1v) is 5.21. The average Bonchev–Trinajstić information content (AvgIpc) is 2.40. The van der Waals surface area contributed by atoms with Crippen LogP contribution < -0.4 is 5.31 Å². The van der Waals surface area contributed by atoms with Crippen molar-refractivity contribution in [1.82, 2.24) is 5.31 Å². The molecule has 0 heterocycles. The highest BCUT2D eigenvalue weighted by Gasteiger charge is 2.40. The molecule has 1 fully saturated rings. The first kappa shape index (κ1) is 5.19. The van der Waals surface area contributed by atoms with E-state index in [2.05, 4.69) is 0 Å². The van der Waals surface area contributed by atoms with Gasteiger partial charge in [-0.2, -0.15) is 0 Å². The number of likely N-dealkylation sites (N-methyl/N-ethyl adjacent to an activating group) is 1. The minimum atomic E-state index is -3.07. The summed E-state index contributed by atoms with van der Waals surface area (Å²) in [4.78, 5) is 12.9. The number of rotatable bonds is 2. The minimum Gasteiger partial charge on any atom is -0.304 e. The lowest BCUT2D eigenvalue weighted by Crippen LogP contribution is -2.49. The summed E-state index contributed by atoms with van der Waals surface area (Å²) in [6.07, 6.45) is -6.21. The van der Waals surface area contributed by atoms with Crippen molar-refractivity contribution in [1.29, 1.82) is 0 Å². The van der Waals surface area contributed by atoms with Gasteiger partial charge in [-0.05, 0) is 31.4 Å². The zero-order valence-corrected chi connectivity index (χ0v) is 9.21. The molecular weight excluding hydrogens is 222 g/mol. The SMILES string of the molecule is [2H]N(C([2H])([2H])[2H])C1(c2ccccc2Cl)CC([2H])([2H])CC([2H])([2H])C1=O. The number of benzene rings is 1. The second-order valence-corrected chi connectivity index (χ2v) is 3.97. The van der Waals surface area contributed by atoms with Crippen molar-refractivity contribution in [2.24, 2.45) is 0 Å². The molecule has 0 radical (unpaired) electrons. The normalized spacial score (nSPS) is 40.5. The Morgan fingerprint density at radius 3 is 3.19 bits per heavy atom. The summed E-state index contributed by atoms with van der Waals surface area (Å²) in [5.41, 5.74) is -2.44. The molecule has 0 aromatic heterocycles. The van der Waals surface area contributed by atoms with Crippen molar-refractivity contribution < 1.29 is 15.8 Å². The number of carbonyl (C=O) groups is 1. The fourth-order valence-electron chi connectivity index (χ4n) is 1.78. The van der Waals surface area contributed by atoms with E-state index in [4.69, 9.17) is 22.6 Å². The highest BCUT2D eigenvalue weighted by molar-refractivity contribution is 6.31. The van der Waals surface area contributed by atoms with E-state index in [0.29, 0.717) is 0 Å². The lowest BCUT2D eigenvalue weighted by molar-refractivity contribution is -0.127. The Balaban J connectivity index is 2.81. The molecule has 0 aliphatic heterocycles. The minimum absolute atomic E-state index is 0.0123. The van der Waals surface area contributed by atoms with Gasteiger partial charge >= 0.3 is 0 Å². The summed E-state index contributed by atoms with van der Waals surface area (Å²) in [6.45, 7) is -3.07. The van der Waals surface area contributed by atoms with E-state index in [1.165, 1.54) is 18.2 Å². The van der Waals surface area contributed by atoms with Crippen LogP contribution in [0.15, 0.2) is 24.3 Å². The predicted molar refractivity (Wildman–Crippen MR) is 65.7 cm³/mol. The molecule has 2 rings (SSSR count). The number of nitrogens with one attached hydrogen (secondary N) is 1. The van der Waals surface area contributed by atoms with Gasteiger partial charge in [0.25, 0.3) is 0 Å². The van der Waals surface area contributed by atoms with Gasteiger partial charge < -0.3 is 5.31 Å². The molecule has 1 aromatic rings. The molecule has 3 heteroatoms. The number of hydrogen-bond acceptors (Lipinski definition) is 2. The number of carbonyl (C=O) groups excluding carboxylic acids is 1. The van der Waals surface area contributed by atoms with Crippen LogP contribution in [-0.2, 0) is 10.3 Å². The highest BCUT2D eigenvalue weighted by atomic mass is 35.5. The zero-order valence-electron chi connectivity index (χ0n) is 16.5. The van der Waals surface area contributed by atoms with E-state index in [1.54, 1.807) is 6.07 Å². The van der Waals surface area contributed by atoms with Gasteiger partial charge in [0, 0.05) is 21.0 Å². The van der Waals surface area contributed by atoms with Gasteiger partial charge in [0.15, 0.2) is 5.78 Å². The van der Waals surface area contributed by atoms with Crippen LogP contribution in [0.2, 0.25) is 6.43 Å². The van der Waals surface area contributed by atoms with Crippen molar-refractivity contribution in [3.8, 4) is 0 Å². The Hall–Kier alpha value is -0.860. The van der Waals surface area contributed by atoms with Crippen LogP contribution in [0.5, 0.6) is 0 Å². The standard InChI is InChI=1S/C13H16ClNO/c1-15-13(9-5-4-8-12(13)16)10-6-2-3-7-11(10)14/h2-3,6-7,15H,4-5,8-9H2,1H3/i1D3,5D2,8D2/hD. The molecule has 1 aliphatic rings. The highest BCUT2D eigenvalue weighted by Crippen LogP contribution is 2.37. The molecule has 1 aromatic carbocycles. The maximum Gasteiger partial charge on any atom is 0.157 e. The van der Waals surface area contributed by atoms with Crippen LogP contribution in [0.4, 0.5) is 0 Å². The van der Waals surface area contributed by atoms with Crippen molar-refractivity contribution in [3.63, 3.8) is 0 Å². The summed E-state index contributed by atoms with van der Waals surface area (Å²) in [7, 11) is 0. The largest absolute Gasteiger partial charge is 0.304 e. The third-order valence-electron chi connectivity index (χ3n) is 2.64. The van der Waals surface area contributed by atoms with Crippen molar-refractivity contribution in [2.45, 2.75) is 31.1 Å². The van der Waals surface area contributed by atoms with E-state index in [-0.39, 0.29) is 15.9 Å². The van der Waals surface area contributed by atoms with E-state index in [0.717, 1.165) is 0 Å². The molecule has 1 atom stereocenters. The first-order chi connectivity index (χ1) is 10.7.